The second kappa shape index (κ2) is 11.1. The van der Waals surface area contributed by atoms with Crippen LogP contribution < -0.4 is 5.32 Å². The molecule has 4 rings (SSSR count). The van der Waals surface area contributed by atoms with E-state index in [9.17, 15) is 14.4 Å². The van der Waals surface area contributed by atoms with Crippen LogP contribution in [-0.4, -0.2) is 47.9 Å². The minimum absolute atomic E-state index is 0.0603. The number of hydrogen-bond acceptors (Lipinski definition) is 4. The molecule has 2 aromatic rings. The van der Waals surface area contributed by atoms with Gasteiger partial charge in [0.05, 0.1) is 11.5 Å². The van der Waals surface area contributed by atoms with Gasteiger partial charge in [-0.1, -0.05) is 81.6 Å². The van der Waals surface area contributed by atoms with Gasteiger partial charge in [-0.2, -0.15) is 0 Å². The van der Waals surface area contributed by atoms with E-state index >= 15 is 0 Å². The molecule has 1 aliphatic carbocycles. The number of nitrogens with zero attached hydrogens (tertiary/aromatic N) is 1. The molecule has 0 bridgehead atoms. The summed E-state index contributed by atoms with van der Waals surface area (Å²) in [5.74, 6) is -0.923. The first-order chi connectivity index (χ1) is 16.8. The Balaban J connectivity index is 1.50. The van der Waals surface area contributed by atoms with Crippen molar-refractivity contribution in [2.75, 3.05) is 13.1 Å². The van der Waals surface area contributed by atoms with Crippen molar-refractivity contribution in [2.45, 2.75) is 70.4 Å². The Hall–Kier alpha value is -3.15. The highest BCUT2D eigenvalue weighted by Gasteiger charge is 2.44. The van der Waals surface area contributed by atoms with Crippen LogP contribution >= 0.6 is 0 Å². The van der Waals surface area contributed by atoms with Gasteiger partial charge in [0, 0.05) is 24.5 Å². The molecule has 186 valence electrons. The normalized spacial score (nSPS) is 19.9. The van der Waals surface area contributed by atoms with E-state index in [0.29, 0.717) is 18.7 Å². The number of carbonyl (C=O) groups is 3. The Bertz CT molecular complexity index is 1020. The highest BCUT2D eigenvalue weighted by molar-refractivity contribution is 5.92. The maximum absolute atomic E-state index is 13.5. The van der Waals surface area contributed by atoms with E-state index in [1.807, 2.05) is 55.1 Å². The fraction of sp³-hybridized carbons (Fsp3) is 0.483. The van der Waals surface area contributed by atoms with E-state index in [1.165, 1.54) is 6.42 Å². The molecule has 1 heterocycles. The van der Waals surface area contributed by atoms with Crippen molar-refractivity contribution in [1.29, 1.82) is 0 Å². The fourth-order valence-corrected chi connectivity index (χ4v) is 5.31. The lowest BCUT2D eigenvalue weighted by Crippen LogP contribution is -2.53. The zero-order valence-electron chi connectivity index (χ0n) is 20.7. The number of hydrogen-bond donors (Lipinski definition) is 1. The molecule has 0 spiro atoms. The third-order valence-electron chi connectivity index (χ3n) is 7.23. The first-order valence-corrected chi connectivity index (χ1v) is 12.8. The molecule has 2 aromatic carbocycles. The van der Waals surface area contributed by atoms with Crippen molar-refractivity contribution < 1.29 is 19.1 Å². The number of rotatable bonds is 8. The second-order valence-electron chi connectivity index (χ2n) is 10.5. The van der Waals surface area contributed by atoms with Gasteiger partial charge >= 0.3 is 5.97 Å². The molecule has 35 heavy (non-hydrogen) atoms. The van der Waals surface area contributed by atoms with E-state index in [4.69, 9.17) is 4.74 Å². The van der Waals surface area contributed by atoms with Crippen molar-refractivity contribution in [1.82, 2.24) is 10.2 Å². The second-order valence-corrected chi connectivity index (χ2v) is 10.5. The zero-order chi connectivity index (χ0) is 24.8. The highest BCUT2D eigenvalue weighted by atomic mass is 16.5. The van der Waals surface area contributed by atoms with Crippen LogP contribution in [0.2, 0.25) is 0 Å². The molecule has 1 N–H and O–H groups in total. The molecular formula is C29H36N2O4. The van der Waals surface area contributed by atoms with Crippen LogP contribution in [0.15, 0.2) is 60.7 Å². The lowest BCUT2D eigenvalue weighted by atomic mass is 9.84. The maximum Gasteiger partial charge on any atom is 0.338 e. The van der Waals surface area contributed by atoms with E-state index in [2.05, 4.69) is 5.32 Å². The molecule has 2 aliphatic rings. The average molecular weight is 477 g/mol. The Morgan fingerprint density at radius 1 is 0.971 bits per heavy atom. The average Bonchev–Trinajstić information content (AvgIpc) is 3.23. The van der Waals surface area contributed by atoms with Crippen molar-refractivity contribution in [3.63, 3.8) is 0 Å². The number of carbonyl (C=O) groups excluding carboxylic acids is 3. The molecular weight excluding hydrogens is 440 g/mol. The maximum atomic E-state index is 13.5. The molecule has 0 unspecified atom stereocenters. The number of likely N-dealkylation sites (tertiary alicyclic amines) is 1. The number of benzene rings is 2. The van der Waals surface area contributed by atoms with Crippen LogP contribution in [0.3, 0.4) is 0 Å². The van der Waals surface area contributed by atoms with Crippen LogP contribution in [0.4, 0.5) is 0 Å². The smallest absolute Gasteiger partial charge is 0.338 e. The van der Waals surface area contributed by atoms with Crippen LogP contribution in [0.5, 0.6) is 0 Å². The van der Waals surface area contributed by atoms with Crippen LogP contribution in [0.25, 0.3) is 0 Å². The van der Waals surface area contributed by atoms with E-state index in [0.717, 1.165) is 37.7 Å². The first kappa shape index (κ1) is 25.0. The summed E-state index contributed by atoms with van der Waals surface area (Å²) in [5.41, 5.74) is 0.643. The number of amides is 2. The lowest BCUT2D eigenvalue weighted by Gasteiger charge is -2.37. The van der Waals surface area contributed by atoms with Gasteiger partial charge in [0.2, 0.25) is 5.91 Å². The summed E-state index contributed by atoms with van der Waals surface area (Å²) in [5, 5.41) is 3.13. The fourth-order valence-electron chi connectivity index (χ4n) is 5.31. The van der Waals surface area contributed by atoms with Gasteiger partial charge in [-0.15, -0.1) is 0 Å². The largest absolute Gasteiger partial charge is 0.448 e. The molecule has 0 radical (unpaired) electrons. The van der Waals surface area contributed by atoms with Gasteiger partial charge in [-0.25, -0.2) is 4.79 Å². The number of nitrogens with one attached hydrogen (secondary N) is 1. The Morgan fingerprint density at radius 2 is 1.60 bits per heavy atom. The van der Waals surface area contributed by atoms with Crippen molar-refractivity contribution in [2.24, 2.45) is 5.41 Å². The molecule has 2 atom stereocenters. The van der Waals surface area contributed by atoms with Gasteiger partial charge < -0.3 is 15.0 Å². The molecule has 1 saturated carbocycles. The third kappa shape index (κ3) is 6.11. The molecule has 2 fully saturated rings. The molecule has 1 aliphatic heterocycles. The van der Waals surface area contributed by atoms with Gasteiger partial charge in [-0.05, 0) is 37.0 Å². The molecule has 6 nitrogen and oxygen atoms in total. The molecule has 1 saturated heterocycles. The van der Waals surface area contributed by atoms with Gasteiger partial charge in [0.1, 0.15) is 0 Å². The van der Waals surface area contributed by atoms with Crippen LogP contribution in [0.1, 0.15) is 74.2 Å². The Kier molecular flexibility index (Phi) is 7.89. The summed E-state index contributed by atoms with van der Waals surface area (Å²) < 4.78 is 5.87. The summed E-state index contributed by atoms with van der Waals surface area (Å²) >= 11 is 0. The lowest BCUT2D eigenvalue weighted by molar-refractivity contribution is -0.141. The topological polar surface area (TPSA) is 75.7 Å². The van der Waals surface area contributed by atoms with Gasteiger partial charge in [0.15, 0.2) is 6.10 Å². The van der Waals surface area contributed by atoms with Gasteiger partial charge in [0.25, 0.3) is 5.91 Å². The number of ether oxygens (including phenoxy) is 1. The Morgan fingerprint density at radius 3 is 2.26 bits per heavy atom. The predicted molar refractivity (Wildman–Crippen MR) is 135 cm³/mol. The summed E-state index contributed by atoms with van der Waals surface area (Å²) in [6.45, 7) is 4.75. The standard InChI is InChI=1S/C29H36N2O4/c1-29(2,20-31-19-18-24(27(31)33)21-12-6-3-7-13-21)25(26(32)30-23-16-10-5-11-17-23)35-28(34)22-14-8-4-9-15-22/h3-4,6-9,12-15,23-25H,5,10-11,16-20H2,1-2H3,(H,30,32)/t24-,25+/m0/s1. The minimum Gasteiger partial charge on any atom is -0.448 e. The summed E-state index contributed by atoms with van der Waals surface area (Å²) in [4.78, 5) is 41.5. The highest BCUT2D eigenvalue weighted by Crippen LogP contribution is 2.33. The van der Waals surface area contributed by atoms with Crippen molar-refractivity contribution in [3.05, 3.63) is 71.8 Å². The minimum atomic E-state index is -1.01. The van der Waals surface area contributed by atoms with E-state index < -0.39 is 17.5 Å². The Labute approximate surface area is 208 Å². The van der Waals surface area contributed by atoms with E-state index in [1.54, 1.807) is 24.3 Å². The van der Waals surface area contributed by atoms with Crippen molar-refractivity contribution >= 4 is 17.8 Å². The van der Waals surface area contributed by atoms with Crippen LogP contribution in [-0.2, 0) is 14.3 Å². The first-order valence-electron chi connectivity index (χ1n) is 12.8. The summed E-state index contributed by atoms with van der Waals surface area (Å²) in [6, 6.07) is 18.6. The SMILES string of the molecule is CC(C)(CN1CC[C@@H](c2ccccc2)C1=O)[C@H](OC(=O)c1ccccc1)C(=O)NC1CCCCC1. The molecule has 6 heteroatoms. The van der Waals surface area contributed by atoms with Crippen LogP contribution in [0, 0.1) is 5.41 Å². The molecule has 0 aromatic heterocycles. The van der Waals surface area contributed by atoms with E-state index in [-0.39, 0.29) is 23.8 Å². The summed E-state index contributed by atoms with van der Waals surface area (Å²) in [6.07, 6.45) is 4.97. The monoisotopic (exact) mass is 476 g/mol. The number of esters is 1. The quantitative estimate of drug-likeness (QED) is 0.560. The third-order valence-corrected chi connectivity index (χ3v) is 7.23. The predicted octanol–water partition coefficient (Wildman–Crippen LogP) is 4.70. The van der Waals surface area contributed by atoms with Gasteiger partial charge in [-0.3, -0.25) is 9.59 Å². The zero-order valence-corrected chi connectivity index (χ0v) is 20.7. The van der Waals surface area contributed by atoms with Crippen molar-refractivity contribution in [3.8, 4) is 0 Å². The molecule has 2 amide bonds. The summed E-state index contributed by atoms with van der Waals surface area (Å²) in [7, 11) is 0.